The maximum Gasteiger partial charge on any atom is 0.279 e. The van der Waals surface area contributed by atoms with E-state index in [-0.39, 0.29) is 5.91 Å². The molecular weight excluding hydrogens is 508 g/mol. The first-order chi connectivity index (χ1) is 17.9. The van der Waals surface area contributed by atoms with Crippen molar-refractivity contribution in [2.75, 3.05) is 10.2 Å². The molecule has 0 fully saturated rings. The van der Waals surface area contributed by atoms with Crippen LogP contribution in [-0.4, -0.2) is 26.2 Å². The van der Waals surface area contributed by atoms with E-state index in [4.69, 9.17) is 16.3 Å². The lowest BCUT2D eigenvalue weighted by atomic mass is 10.1. The molecule has 2 N–H and O–H groups in total. The molecule has 3 aromatic carbocycles. The fourth-order valence-electron chi connectivity index (χ4n) is 4.42. The Morgan fingerprint density at radius 2 is 1.84 bits per heavy atom. The zero-order chi connectivity index (χ0) is 25.6. The third-order valence-electron chi connectivity index (χ3n) is 6.26. The number of fused-ring (bicyclic) bond motifs is 2. The van der Waals surface area contributed by atoms with Crippen LogP contribution in [0.5, 0.6) is 10.9 Å². The number of benzene rings is 3. The molecule has 186 valence electrons. The molecular formula is C27H23ClN6O2S. The standard InChI is InChI=1S/C27H23ClN6O2S/c1-27(31-19-11-13-20(14-12-19)36-26-30-21-5-3-4-6-22(21)37-26)32-25(35)23-24(29-16-33(23)2)34(27)15-17-7-9-18(28)10-8-17/h3-14,16,31H,15H2,1-2H3,(H,32,35). The third kappa shape index (κ3) is 4.47. The summed E-state index contributed by atoms with van der Waals surface area (Å²) in [5, 5.41) is 7.86. The average Bonchev–Trinajstić information content (AvgIpc) is 3.47. The van der Waals surface area contributed by atoms with Gasteiger partial charge in [-0.2, -0.15) is 0 Å². The Morgan fingerprint density at radius 3 is 2.59 bits per heavy atom. The van der Waals surface area contributed by atoms with Gasteiger partial charge in [0.2, 0.25) is 0 Å². The summed E-state index contributed by atoms with van der Waals surface area (Å²) in [5.41, 5.74) is 3.26. The number of carbonyl (C=O) groups is 1. The summed E-state index contributed by atoms with van der Waals surface area (Å²) in [7, 11) is 1.81. The first-order valence-electron chi connectivity index (χ1n) is 11.7. The van der Waals surface area contributed by atoms with Crippen LogP contribution in [0.1, 0.15) is 23.0 Å². The normalized spacial score (nSPS) is 16.9. The second kappa shape index (κ2) is 9.10. The van der Waals surface area contributed by atoms with E-state index in [1.165, 1.54) is 11.3 Å². The largest absolute Gasteiger partial charge is 0.431 e. The summed E-state index contributed by atoms with van der Waals surface area (Å²) in [6, 6.07) is 23.1. The molecule has 1 amide bonds. The van der Waals surface area contributed by atoms with Crippen molar-refractivity contribution in [3.63, 3.8) is 0 Å². The summed E-state index contributed by atoms with van der Waals surface area (Å²) in [5.74, 6) is 0.126. The van der Waals surface area contributed by atoms with Crippen molar-refractivity contribution in [2.45, 2.75) is 19.3 Å². The molecule has 0 spiro atoms. The molecule has 1 aliphatic rings. The van der Waals surface area contributed by atoms with Gasteiger partial charge in [0.1, 0.15) is 5.75 Å². The predicted octanol–water partition coefficient (Wildman–Crippen LogP) is 6.01. The summed E-state index contributed by atoms with van der Waals surface area (Å²) in [4.78, 5) is 24.2. The number of para-hydroxylation sites is 1. The number of nitrogens with zero attached hydrogens (tertiary/aromatic N) is 4. The molecule has 0 saturated heterocycles. The Balaban J connectivity index is 1.26. The van der Waals surface area contributed by atoms with Crippen molar-refractivity contribution in [1.82, 2.24) is 19.9 Å². The van der Waals surface area contributed by atoms with Gasteiger partial charge in [-0.15, -0.1) is 0 Å². The second-order valence-corrected chi connectivity index (χ2v) is 10.4. The Labute approximate surface area is 222 Å². The zero-order valence-electron chi connectivity index (χ0n) is 20.1. The number of hydrogen-bond acceptors (Lipinski definition) is 7. The number of rotatable bonds is 6. The lowest BCUT2D eigenvalue weighted by molar-refractivity contribution is 0.0891. The summed E-state index contributed by atoms with van der Waals surface area (Å²) >= 11 is 7.60. The topological polar surface area (TPSA) is 84.3 Å². The van der Waals surface area contributed by atoms with Crippen LogP contribution in [0.15, 0.2) is 79.1 Å². The molecule has 1 aliphatic heterocycles. The van der Waals surface area contributed by atoms with Crippen LogP contribution in [0.3, 0.4) is 0 Å². The highest BCUT2D eigenvalue weighted by molar-refractivity contribution is 7.20. The first-order valence-corrected chi connectivity index (χ1v) is 12.8. The summed E-state index contributed by atoms with van der Waals surface area (Å²) in [6.07, 6.45) is 1.65. The van der Waals surface area contributed by atoms with Gasteiger partial charge in [-0.1, -0.05) is 47.2 Å². The van der Waals surface area contributed by atoms with Gasteiger partial charge in [-0.25, -0.2) is 9.97 Å². The minimum Gasteiger partial charge on any atom is -0.431 e. The van der Waals surface area contributed by atoms with E-state index in [1.807, 2.05) is 91.7 Å². The molecule has 0 bridgehead atoms. The minimum atomic E-state index is -0.951. The summed E-state index contributed by atoms with van der Waals surface area (Å²) in [6.45, 7) is 2.42. The fraction of sp³-hybridized carbons (Fsp3) is 0.148. The van der Waals surface area contributed by atoms with Crippen molar-refractivity contribution >= 4 is 50.6 Å². The molecule has 0 radical (unpaired) electrons. The maximum absolute atomic E-state index is 13.1. The number of imidazole rings is 1. The quantitative estimate of drug-likeness (QED) is 0.279. The number of hydrogen-bond donors (Lipinski definition) is 2. The number of thiazole rings is 1. The van der Waals surface area contributed by atoms with Crippen molar-refractivity contribution in [2.24, 2.45) is 7.05 Å². The Morgan fingerprint density at radius 1 is 1.08 bits per heavy atom. The number of anilines is 2. The summed E-state index contributed by atoms with van der Waals surface area (Å²) < 4.78 is 8.79. The van der Waals surface area contributed by atoms with E-state index in [2.05, 4.69) is 20.6 Å². The van der Waals surface area contributed by atoms with Gasteiger partial charge < -0.3 is 24.8 Å². The lowest BCUT2D eigenvalue weighted by Gasteiger charge is -2.46. The van der Waals surface area contributed by atoms with Gasteiger partial charge in [0.25, 0.3) is 11.1 Å². The molecule has 0 aliphatic carbocycles. The minimum absolute atomic E-state index is 0.201. The highest BCUT2D eigenvalue weighted by atomic mass is 35.5. The van der Waals surface area contributed by atoms with Crippen LogP contribution in [0.25, 0.3) is 10.2 Å². The van der Waals surface area contributed by atoms with Gasteiger partial charge in [0, 0.05) is 24.3 Å². The van der Waals surface area contributed by atoms with Gasteiger partial charge in [-0.05, 0) is 61.0 Å². The molecule has 2 aromatic heterocycles. The SMILES string of the molecule is Cn1cnc2c1C(=O)NC(C)(Nc1ccc(Oc3nc4ccccc4s3)cc1)N2Cc1ccc(Cl)cc1. The van der Waals surface area contributed by atoms with Gasteiger partial charge in [0.15, 0.2) is 17.3 Å². The van der Waals surface area contributed by atoms with E-state index >= 15 is 0 Å². The Bertz CT molecular complexity index is 1560. The molecule has 37 heavy (non-hydrogen) atoms. The number of carbonyl (C=O) groups excluding carboxylic acids is 1. The molecule has 0 saturated carbocycles. The highest BCUT2D eigenvalue weighted by Crippen LogP contribution is 2.34. The highest BCUT2D eigenvalue weighted by Gasteiger charge is 2.43. The number of aryl methyl sites for hydroxylation is 1. The van der Waals surface area contributed by atoms with Crippen molar-refractivity contribution < 1.29 is 9.53 Å². The van der Waals surface area contributed by atoms with Gasteiger partial charge in [0.05, 0.1) is 16.5 Å². The van der Waals surface area contributed by atoms with Crippen LogP contribution in [0, 0.1) is 0 Å². The number of halogens is 1. The average molecular weight is 531 g/mol. The van der Waals surface area contributed by atoms with Gasteiger partial charge in [-0.3, -0.25) is 4.79 Å². The van der Waals surface area contributed by atoms with Gasteiger partial charge >= 0.3 is 0 Å². The lowest BCUT2D eigenvalue weighted by Crippen LogP contribution is -2.66. The second-order valence-electron chi connectivity index (χ2n) is 8.97. The fourth-order valence-corrected chi connectivity index (χ4v) is 5.38. The number of amides is 1. The molecule has 1 atom stereocenters. The smallest absolute Gasteiger partial charge is 0.279 e. The molecule has 3 heterocycles. The molecule has 10 heteroatoms. The van der Waals surface area contributed by atoms with Crippen LogP contribution >= 0.6 is 22.9 Å². The van der Waals surface area contributed by atoms with E-state index in [1.54, 1.807) is 10.9 Å². The first kappa shape index (κ1) is 23.3. The molecule has 1 unspecified atom stereocenters. The maximum atomic E-state index is 13.1. The molecule has 6 rings (SSSR count). The van der Waals surface area contributed by atoms with Crippen LogP contribution in [0.4, 0.5) is 11.5 Å². The van der Waals surface area contributed by atoms with Crippen LogP contribution in [-0.2, 0) is 13.6 Å². The number of nitrogens with one attached hydrogen (secondary N) is 2. The Kier molecular flexibility index (Phi) is 5.73. The zero-order valence-corrected chi connectivity index (χ0v) is 21.7. The van der Waals surface area contributed by atoms with E-state index in [0.717, 1.165) is 21.5 Å². The van der Waals surface area contributed by atoms with Crippen molar-refractivity contribution in [3.8, 4) is 10.9 Å². The Hall–Kier alpha value is -4.08. The number of aromatic nitrogens is 3. The third-order valence-corrected chi connectivity index (χ3v) is 7.43. The predicted molar refractivity (Wildman–Crippen MR) is 146 cm³/mol. The van der Waals surface area contributed by atoms with Crippen LogP contribution in [0.2, 0.25) is 5.02 Å². The van der Waals surface area contributed by atoms with E-state index in [0.29, 0.717) is 34.0 Å². The number of ether oxygens (including phenoxy) is 1. The molecule has 8 nitrogen and oxygen atoms in total. The van der Waals surface area contributed by atoms with Crippen LogP contribution < -0.4 is 20.3 Å². The monoisotopic (exact) mass is 530 g/mol. The van der Waals surface area contributed by atoms with Crippen molar-refractivity contribution in [3.05, 3.63) is 95.4 Å². The van der Waals surface area contributed by atoms with Crippen molar-refractivity contribution in [1.29, 1.82) is 0 Å². The van der Waals surface area contributed by atoms with E-state index < -0.39 is 5.79 Å². The molecule has 5 aromatic rings. The van der Waals surface area contributed by atoms with E-state index in [9.17, 15) is 4.79 Å².